The Balaban J connectivity index is 1.50. The SMILES string of the molecule is CC(C)(O)C#CCC1(C2CCC3/C(=C/C=C4/CC(O)C[C@H](O)C4)CCC[C@@]32C)CC1. The molecule has 166 valence electrons. The van der Waals surface area contributed by atoms with Gasteiger partial charge in [0.25, 0.3) is 0 Å². The fraction of sp³-hybridized carbons (Fsp3) is 0.778. The molecule has 4 aliphatic carbocycles. The monoisotopic (exact) mass is 412 g/mol. The van der Waals surface area contributed by atoms with Crippen LogP contribution in [0.2, 0.25) is 0 Å². The first-order chi connectivity index (χ1) is 14.1. The molecular weight excluding hydrogens is 372 g/mol. The normalized spacial score (nSPS) is 40.7. The molecule has 4 aliphatic rings. The second kappa shape index (κ2) is 8.12. The third-order valence-electron chi connectivity index (χ3n) is 8.50. The number of fused-ring (bicyclic) bond motifs is 1. The molecule has 4 saturated carbocycles. The van der Waals surface area contributed by atoms with Crippen molar-refractivity contribution in [2.45, 2.75) is 109 Å². The predicted octanol–water partition coefficient (Wildman–Crippen LogP) is 4.91. The van der Waals surface area contributed by atoms with Crippen LogP contribution in [0.4, 0.5) is 0 Å². The van der Waals surface area contributed by atoms with E-state index in [0.717, 1.165) is 12.3 Å². The van der Waals surface area contributed by atoms with Gasteiger partial charge in [-0.15, -0.1) is 0 Å². The molecule has 3 N–H and O–H groups in total. The Morgan fingerprint density at radius 1 is 1.07 bits per heavy atom. The summed E-state index contributed by atoms with van der Waals surface area (Å²) in [5.74, 6) is 7.77. The predicted molar refractivity (Wildman–Crippen MR) is 121 cm³/mol. The minimum Gasteiger partial charge on any atom is -0.393 e. The molecule has 0 aromatic carbocycles. The minimum absolute atomic E-state index is 0.362. The van der Waals surface area contributed by atoms with Crippen molar-refractivity contribution in [2.75, 3.05) is 0 Å². The summed E-state index contributed by atoms with van der Waals surface area (Å²) in [6.07, 6.45) is 15.5. The van der Waals surface area contributed by atoms with Gasteiger partial charge in [-0.1, -0.05) is 42.1 Å². The van der Waals surface area contributed by atoms with E-state index in [1.54, 1.807) is 19.4 Å². The van der Waals surface area contributed by atoms with Gasteiger partial charge in [0.05, 0.1) is 12.2 Å². The van der Waals surface area contributed by atoms with Gasteiger partial charge in [-0.3, -0.25) is 0 Å². The molecule has 0 aliphatic heterocycles. The number of aliphatic hydroxyl groups is 3. The number of rotatable bonds is 3. The molecule has 3 nitrogen and oxygen atoms in total. The zero-order chi connectivity index (χ0) is 21.6. The first-order valence-electron chi connectivity index (χ1n) is 12.1. The Hall–Kier alpha value is -1.08. The van der Waals surface area contributed by atoms with Crippen LogP contribution in [0, 0.1) is 34.5 Å². The van der Waals surface area contributed by atoms with E-state index in [2.05, 4.69) is 30.9 Å². The molecule has 0 aromatic rings. The molecule has 0 aromatic heterocycles. The molecule has 3 heteroatoms. The molecule has 4 rings (SSSR count). The maximum Gasteiger partial charge on any atom is 0.119 e. The second-order valence-electron chi connectivity index (χ2n) is 11.5. The lowest BCUT2D eigenvalue weighted by molar-refractivity contribution is 0.0609. The second-order valence-corrected chi connectivity index (χ2v) is 11.5. The van der Waals surface area contributed by atoms with Gasteiger partial charge in [0.2, 0.25) is 0 Å². The van der Waals surface area contributed by atoms with E-state index in [1.165, 1.54) is 50.5 Å². The molecular formula is C27H40O3. The van der Waals surface area contributed by atoms with Gasteiger partial charge in [0, 0.05) is 6.42 Å². The zero-order valence-corrected chi connectivity index (χ0v) is 19.1. The molecule has 3 unspecified atom stereocenters. The van der Waals surface area contributed by atoms with Crippen molar-refractivity contribution in [3.8, 4) is 11.8 Å². The molecule has 4 fully saturated rings. The van der Waals surface area contributed by atoms with Crippen molar-refractivity contribution in [3.63, 3.8) is 0 Å². The molecule has 30 heavy (non-hydrogen) atoms. The van der Waals surface area contributed by atoms with E-state index in [9.17, 15) is 15.3 Å². The summed E-state index contributed by atoms with van der Waals surface area (Å²) in [5, 5.41) is 29.9. The van der Waals surface area contributed by atoms with E-state index < -0.39 is 17.8 Å². The van der Waals surface area contributed by atoms with Crippen molar-refractivity contribution in [1.82, 2.24) is 0 Å². The zero-order valence-electron chi connectivity index (χ0n) is 19.1. The van der Waals surface area contributed by atoms with Gasteiger partial charge >= 0.3 is 0 Å². The summed E-state index contributed by atoms with van der Waals surface area (Å²) in [5.41, 5.74) is 2.62. The molecule has 0 amide bonds. The molecule has 5 atom stereocenters. The quantitative estimate of drug-likeness (QED) is 0.578. The van der Waals surface area contributed by atoms with Crippen LogP contribution >= 0.6 is 0 Å². The third-order valence-corrected chi connectivity index (χ3v) is 8.50. The van der Waals surface area contributed by atoms with Crippen LogP contribution in [0.25, 0.3) is 0 Å². The Morgan fingerprint density at radius 2 is 1.77 bits per heavy atom. The highest BCUT2D eigenvalue weighted by atomic mass is 16.3. The van der Waals surface area contributed by atoms with E-state index in [0.29, 0.717) is 36.0 Å². The number of aliphatic hydroxyl groups excluding tert-OH is 2. The highest BCUT2D eigenvalue weighted by Gasteiger charge is 2.60. The van der Waals surface area contributed by atoms with Gasteiger partial charge in [-0.25, -0.2) is 0 Å². The highest BCUT2D eigenvalue weighted by Crippen LogP contribution is 2.69. The fourth-order valence-electron chi connectivity index (χ4n) is 7.02. The van der Waals surface area contributed by atoms with E-state index in [4.69, 9.17) is 0 Å². The first kappa shape index (κ1) is 22.1. The summed E-state index contributed by atoms with van der Waals surface area (Å²) in [7, 11) is 0. The lowest BCUT2D eigenvalue weighted by Crippen LogP contribution is -2.37. The van der Waals surface area contributed by atoms with Gasteiger partial charge in [0.1, 0.15) is 5.60 Å². The average Bonchev–Trinajstić information content (AvgIpc) is 3.31. The van der Waals surface area contributed by atoms with Crippen LogP contribution in [0.3, 0.4) is 0 Å². The Labute approximate surface area is 182 Å². The maximum absolute atomic E-state index is 9.98. The van der Waals surface area contributed by atoms with Crippen molar-refractivity contribution in [3.05, 3.63) is 23.3 Å². The smallest absolute Gasteiger partial charge is 0.119 e. The Kier molecular flexibility index (Phi) is 5.99. The minimum atomic E-state index is -0.896. The van der Waals surface area contributed by atoms with Crippen LogP contribution in [0.15, 0.2) is 23.3 Å². The van der Waals surface area contributed by atoms with Crippen LogP contribution in [0.1, 0.15) is 91.4 Å². The number of allylic oxidation sites excluding steroid dienone is 3. The highest BCUT2D eigenvalue weighted by molar-refractivity contribution is 5.28. The van der Waals surface area contributed by atoms with Crippen LogP contribution < -0.4 is 0 Å². The van der Waals surface area contributed by atoms with E-state index in [1.807, 2.05) is 0 Å². The first-order valence-corrected chi connectivity index (χ1v) is 12.1. The average molecular weight is 413 g/mol. The van der Waals surface area contributed by atoms with Crippen molar-refractivity contribution in [2.24, 2.45) is 22.7 Å². The van der Waals surface area contributed by atoms with Crippen molar-refractivity contribution in [1.29, 1.82) is 0 Å². The van der Waals surface area contributed by atoms with Gasteiger partial charge in [-0.2, -0.15) is 0 Å². The molecule has 0 heterocycles. The Bertz CT molecular complexity index is 758. The summed E-state index contributed by atoms with van der Waals surface area (Å²) < 4.78 is 0. The van der Waals surface area contributed by atoms with Crippen LogP contribution in [0.5, 0.6) is 0 Å². The number of hydrogen-bond acceptors (Lipinski definition) is 3. The number of hydrogen-bond donors (Lipinski definition) is 3. The van der Waals surface area contributed by atoms with Crippen LogP contribution in [-0.2, 0) is 0 Å². The van der Waals surface area contributed by atoms with E-state index in [-0.39, 0.29) is 0 Å². The van der Waals surface area contributed by atoms with E-state index >= 15 is 0 Å². The third kappa shape index (κ3) is 4.57. The molecule has 0 spiro atoms. The lowest BCUT2D eigenvalue weighted by Gasteiger charge is -2.45. The molecule has 0 radical (unpaired) electrons. The summed E-state index contributed by atoms with van der Waals surface area (Å²) in [4.78, 5) is 0. The summed E-state index contributed by atoms with van der Waals surface area (Å²) in [6, 6.07) is 0. The van der Waals surface area contributed by atoms with Gasteiger partial charge < -0.3 is 15.3 Å². The lowest BCUT2D eigenvalue weighted by atomic mass is 9.59. The van der Waals surface area contributed by atoms with Gasteiger partial charge in [-0.05, 0) is 101 Å². The molecule has 0 bridgehead atoms. The largest absolute Gasteiger partial charge is 0.393 e. The fourth-order valence-corrected chi connectivity index (χ4v) is 7.02. The topological polar surface area (TPSA) is 60.7 Å². The standard InChI is InChI=1S/C27H40O3/c1-25(2,30)11-5-13-27(14-15-27)24-10-9-23-20(6-4-12-26(23,24)3)8-7-19-16-21(28)18-22(29)17-19/h7-8,21-24,28-30H,4,6,9-10,12-18H2,1-3H3/b19-7-,20-8+/t21?,22-,23?,24?,26+/m1/s1. The van der Waals surface area contributed by atoms with Crippen LogP contribution in [-0.4, -0.2) is 33.1 Å². The molecule has 0 saturated heterocycles. The van der Waals surface area contributed by atoms with Crippen molar-refractivity contribution < 1.29 is 15.3 Å². The summed E-state index contributed by atoms with van der Waals surface area (Å²) in [6.45, 7) is 6.07. The van der Waals surface area contributed by atoms with Gasteiger partial charge in [0.15, 0.2) is 0 Å². The Morgan fingerprint density at radius 3 is 2.40 bits per heavy atom. The maximum atomic E-state index is 9.98. The summed E-state index contributed by atoms with van der Waals surface area (Å²) >= 11 is 0. The van der Waals surface area contributed by atoms with Crippen molar-refractivity contribution >= 4 is 0 Å².